The van der Waals surface area contributed by atoms with Crippen LogP contribution in [-0.2, 0) is 9.59 Å². The van der Waals surface area contributed by atoms with Gasteiger partial charge in [0.15, 0.2) is 0 Å². The predicted molar refractivity (Wildman–Crippen MR) is 69.2 cm³/mol. The van der Waals surface area contributed by atoms with Crippen LogP contribution in [0.2, 0.25) is 0 Å². The van der Waals surface area contributed by atoms with Crippen LogP contribution in [0.5, 0.6) is 0 Å². The van der Waals surface area contributed by atoms with Gasteiger partial charge in [0, 0.05) is 0 Å². The molecule has 2 amide bonds. The maximum absolute atomic E-state index is 11.7. The number of rotatable bonds is 2. The highest BCUT2D eigenvalue weighted by Crippen LogP contribution is 2.35. The lowest BCUT2D eigenvalue weighted by atomic mass is 9.75. The molecule has 1 heterocycles. The zero-order valence-corrected chi connectivity index (χ0v) is 11.0. The van der Waals surface area contributed by atoms with Gasteiger partial charge in [-0.2, -0.15) is 0 Å². The van der Waals surface area contributed by atoms with Crippen molar-refractivity contribution < 1.29 is 9.59 Å². The lowest BCUT2D eigenvalue weighted by Crippen LogP contribution is -2.57. The summed E-state index contributed by atoms with van der Waals surface area (Å²) in [6.45, 7) is 4.16. The summed E-state index contributed by atoms with van der Waals surface area (Å²) in [5.41, 5.74) is 7.49. The zero-order chi connectivity index (χ0) is 13.1. The number of allylic oxidation sites excluding steroid dienone is 4. The number of carbonyl (C=O) groups excluding carboxylic acids is 2. The number of fused-ring (bicyclic) bond motifs is 1. The van der Waals surface area contributed by atoms with Gasteiger partial charge >= 0.3 is 0 Å². The highest BCUT2D eigenvalue weighted by molar-refractivity contribution is 5.93. The van der Waals surface area contributed by atoms with Crippen molar-refractivity contribution in [2.24, 2.45) is 11.8 Å². The van der Waals surface area contributed by atoms with E-state index >= 15 is 0 Å². The lowest BCUT2D eigenvalue weighted by Gasteiger charge is -2.34. The SMILES string of the molecule is CC(C)=CC/C=C1\CC[C@H]2C(=O)NNC(=O)[C@H]2C1. The molecule has 98 valence electrons. The summed E-state index contributed by atoms with van der Waals surface area (Å²) in [5.74, 6) is -0.403. The van der Waals surface area contributed by atoms with Gasteiger partial charge in [0.1, 0.15) is 0 Å². The molecular weight excluding hydrogens is 228 g/mol. The fourth-order valence-electron chi connectivity index (χ4n) is 2.61. The molecule has 2 aliphatic rings. The molecule has 0 aromatic rings. The van der Waals surface area contributed by atoms with Gasteiger partial charge in [-0.25, -0.2) is 0 Å². The molecule has 1 aliphatic carbocycles. The van der Waals surface area contributed by atoms with E-state index in [4.69, 9.17) is 0 Å². The van der Waals surface area contributed by atoms with Crippen molar-refractivity contribution in [1.29, 1.82) is 0 Å². The fraction of sp³-hybridized carbons (Fsp3) is 0.571. The van der Waals surface area contributed by atoms with Crippen LogP contribution in [-0.4, -0.2) is 11.8 Å². The first-order valence-electron chi connectivity index (χ1n) is 6.49. The highest BCUT2D eigenvalue weighted by atomic mass is 16.2. The van der Waals surface area contributed by atoms with Crippen molar-refractivity contribution in [1.82, 2.24) is 10.9 Å². The molecule has 1 saturated heterocycles. The second-order valence-corrected chi connectivity index (χ2v) is 5.31. The summed E-state index contributed by atoms with van der Waals surface area (Å²) < 4.78 is 0. The third-order valence-electron chi connectivity index (χ3n) is 3.66. The highest BCUT2D eigenvalue weighted by Gasteiger charge is 2.40. The normalized spacial score (nSPS) is 29.3. The van der Waals surface area contributed by atoms with E-state index in [0.717, 1.165) is 25.7 Å². The molecule has 18 heavy (non-hydrogen) atoms. The van der Waals surface area contributed by atoms with Crippen molar-refractivity contribution >= 4 is 11.8 Å². The Morgan fingerprint density at radius 1 is 1.22 bits per heavy atom. The maximum Gasteiger partial charge on any atom is 0.242 e. The van der Waals surface area contributed by atoms with Gasteiger partial charge in [0.05, 0.1) is 11.8 Å². The average Bonchev–Trinajstić information content (AvgIpc) is 2.34. The molecule has 0 unspecified atom stereocenters. The molecule has 1 aliphatic heterocycles. The van der Waals surface area contributed by atoms with Crippen molar-refractivity contribution in [2.45, 2.75) is 39.5 Å². The van der Waals surface area contributed by atoms with Crippen LogP contribution in [0.15, 0.2) is 23.3 Å². The van der Waals surface area contributed by atoms with E-state index in [9.17, 15) is 9.59 Å². The monoisotopic (exact) mass is 248 g/mol. The predicted octanol–water partition coefficient (Wildman–Crippen LogP) is 1.85. The Morgan fingerprint density at radius 3 is 2.56 bits per heavy atom. The van der Waals surface area contributed by atoms with Crippen molar-refractivity contribution in [3.8, 4) is 0 Å². The molecule has 4 heteroatoms. The molecule has 2 N–H and O–H groups in total. The van der Waals surface area contributed by atoms with Crippen LogP contribution < -0.4 is 10.9 Å². The molecule has 2 rings (SSSR count). The lowest BCUT2D eigenvalue weighted by molar-refractivity contribution is -0.144. The molecule has 0 bridgehead atoms. The number of carbonyl (C=O) groups is 2. The first-order valence-corrected chi connectivity index (χ1v) is 6.49. The summed E-state index contributed by atoms with van der Waals surface area (Å²) in [5, 5.41) is 0. The second kappa shape index (κ2) is 5.38. The smallest absolute Gasteiger partial charge is 0.242 e. The van der Waals surface area contributed by atoms with E-state index in [2.05, 4.69) is 36.9 Å². The minimum atomic E-state index is -0.176. The van der Waals surface area contributed by atoms with Gasteiger partial charge < -0.3 is 0 Å². The van der Waals surface area contributed by atoms with Crippen LogP contribution in [0.3, 0.4) is 0 Å². The summed E-state index contributed by atoms with van der Waals surface area (Å²) in [6.07, 6.45) is 7.72. The second-order valence-electron chi connectivity index (χ2n) is 5.31. The van der Waals surface area contributed by atoms with Crippen molar-refractivity contribution in [2.75, 3.05) is 0 Å². The molecule has 2 fully saturated rings. The third-order valence-corrected chi connectivity index (χ3v) is 3.66. The number of hydrogen-bond donors (Lipinski definition) is 2. The van der Waals surface area contributed by atoms with Crippen LogP contribution >= 0.6 is 0 Å². The molecule has 0 aromatic carbocycles. The molecule has 0 spiro atoms. The molecule has 0 radical (unpaired) electrons. The summed E-state index contributed by atoms with van der Waals surface area (Å²) in [4.78, 5) is 23.4. The Morgan fingerprint density at radius 2 is 1.89 bits per heavy atom. The van der Waals surface area contributed by atoms with Crippen LogP contribution in [0, 0.1) is 11.8 Å². The van der Waals surface area contributed by atoms with Gasteiger partial charge in [-0.1, -0.05) is 23.3 Å². The van der Waals surface area contributed by atoms with E-state index in [1.54, 1.807) is 0 Å². The van der Waals surface area contributed by atoms with Gasteiger partial charge in [-0.05, 0) is 39.5 Å². The van der Waals surface area contributed by atoms with Gasteiger partial charge in [0.25, 0.3) is 0 Å². The quantitative estimate of drug-likeness (QED) is 0.733. The minimum Gasteiger partial charge on any atom is -0.273 e. The van der Waals surface area contributed by atoms with Gasteiger partial charge in [0.2, 0.25) is 11.8 Å². The van der Waals surface area contributed by atoms with E-state index in [-0.39, 0.29) is 23.7 Å². The van der Waals surface area contributed by atoms with Crippen molar-refractivity contribution in [3.05, 3.63) is 23.3 Å². The number of amides is 2. The summed E-state index contributed by atoms with van der Waals surface area (Å²) in [7, 11) is 0. The Kier molecular flexibility index (Phi) is 3.84. The van der Waals surface area contributed by atoms with Crippen molar-refractivity contribution in [3.63, 3.8) is 0 Å². The first-order chi connectivity index (χ1) is 8.58. The van der Waals surface area contributed by atoms with Crippen LogP contribution in [0.4, 0.5) is 0 Å². The zero-order valence-electron chi connectivity index (χ0n) is 11.0. The minimum absolute atomic E-state index is 0.0389. The van der Waals surface area contributed by atoms with E-state index in [1.165, 1.54) is 11.1 Å². The summed E-state index contributed by atoms with van der Waals surface area (Å²) >= 11 is 0. The van der Waals surface area contributed by atoms with Gasteiger partial charge in [-0.15, -0.1) is 0 Å². The third kappa shape index (κ3) is 2.81. The molecule has 1 saturated carbocycles. The Hall–Kier alpha value is -1.58. The van der Waals surface area contributed by atoms with E-state index in [1.807, 2.05) is 0 Å². The number of hydrogen-bond acceptors (Lipinski definition) is 2. The van der Waals surface area contributed by atoms with E-state index in [0.29, 0.717) is 0 Å². The largest absolute Gasteiger partial charge is 0.273 e. The van der Waals surface area contributed by atoms with Crippen LogP contribution in [0.1, 0.15) is 39.5 Å². The average molecular weight is 248 g/mol. The molecule has 2 atom stereocenters. The Bertz CT molecular complexity index is 420. The fourth-order valence-corrected chi connectivity index (χ4v) is 2.61. The molecular formula is C14H20N2O2. The molecule has 0 aromatic heterocycles. The van der Waals surface area contributed by atoms with Gasteiger partial charge in [-0.3, -0.25) is 20.4 Å². The summed E-state index contributed by atoms with van der Waals surface area (Å²) in [6, 6.07) is 0. The first kappa shape index (κ1) is 12.9. The number of hydrazine groups is 1. The molecule has 4 nitrogen and oxygen atoms in total. The van der Waals surface area contributed by atoms with E-state index < -0.39 is 0 Å². The Balaban J connectivity index is 2.02. The van der Waals surface area contributed by atoms with Crippen LogP contribution in [0.25, 0.3) is 0 Å². The Labute approximate surface area is 107 Å². The number of nitrogens with one attached hydrogen (secondary N) is 2. The standard InChI is InChI=1S/C14H20N2O2/c1-9(2)4-3-5-10-6-7-11-12(8-10)14(18)16-15-13(11)17/h4-5,11-12H,3,6-8H2,1-2H3,(H,15,17)(H,16,18)/b10-5+/t11-,12+/m1/s1. The maximum atomic E-state index is 11.7. The topological polar surface area (TPSA) is 58.2 Å².